The smallest absolute Gasteiger partial charge is 0.462 e. The number of rotatable bonds is 77. The van der Waals surface area contributed by atoms with Crippen LogP contribution in [0.25, 0.3) is 0 Å². The first-order valence-electron chi connectivity index (χ1n) is 40.5. The Bertz CT molecular complexity index is 2130. The Morgan fingerprint density at radius 3 is 0.800 bits per heavy atom. The number of phosphoric acid groups is 2. The molecule has 0 aromatic heterocycles. The molecule has 584 valence electrons. The summed E-state index contributed by atoms with van der Waals surface area (Å²) in [6.07, 6.45) is 73.4. The van der Waals surface area contributed by atoms with Crippen LogP contribution in [0.2, 0.25) is 0 Å². The molecule has 0 bridgehead atoms. The molecule has 0 saturated carbocycles. The highest BCUT2D eigenvalue weighted by atomic mass is 31.2. The Labute approximate surface area is 610 Å². The standard InChI is InChI=1S/C81H148O17P2/c1-5-9-13-17-21-25-29-32-35-36-37-38-41-43-47-50-54-58-62-66-79(84)92-72-77(98-81(86)68-64-60-56-52-48-44-40-34-31-27-23-19-15-11-7-3)74-96-100(89,90)94-70-75(82)69-93-99(87,88)95-73-76(97-80(85)67-63-59-55-51-45-28-24-20-16-12-8-4)71-91-78(83)65-61-57-53-49-46-42-39-33-30-26-22-18-14-10-6-2/h9,13,21,25,32,35,37-38,43,47,75-77,82H,5-8,10-12,14-20,22-24,26-31,33-34,36,39-42,44-46,48-74H2,1-4H3,(H,87,88)(H,89,90)/b13-9-,25-21-,35-32-,38-37-,47-43-. The van der Waals surface area contributed by atoms with Gasteiger partial charge in [-0.2, -0.15) is 0 Å². The summed E-state index contributed by atoms with van der Waals surface area (Å²) in [7, 11) is -9.94. The molecule has 0 aromatic rings. The Morgan fingerprint density at radius 1 is 0.290 bits per heavy atom. The summed E-state index contributed by atoms with van der Waals surface area (Å²) >= 11 is 0. The van der Waals surface area contributed by atoms with Gasteiger partial charge in [-0.3, -0.25) is 37.3 Å². The van der Waals surface area contributed by atoms with Crippen LogP contribution in [0.5, 0.6) is 0 Å². The van der Waals surface area contributed by atoms with Gasteiger partial charge in [0.1, 0.15) is 19.3 Å². The van der Waals surface area contributed by atoms with Crippen LogP contribution in [0, 0.1) is 0 Å². The fourth-order valence-corrected chi connectivity index (χ4v) is 12.9. The van der Waals surface area contributed by atoms with Crippen molar-refractivity contribution in [1.82, 2.24) is 0 Å². The van der Waals surface area contributed by atoms with Crippen LogP contribution in [0.1, 0.15) is 374 Å². The van der Waals surface area contributed by atoms with Crippen LogP contribution >= 0.6 is 15.6 Å². The van der Waals surface area contributed by atoms with Crippen molar-refractivity contribution in [2.24, 2.45) is 0 Å². The normalized spacial score (nSPS) is 14.2. The zero-order valence-corrected chi connectivity index (χ0v) is 65.7. The molecule has 3 N–H and O–H groups in total. The lowest BCUT2D eigenvalue weighted by atomic mass is 10.0. The summed E-state index contributed by atoms with van der Waals surface area (Å²) in [6, 6.07) is 0. The summed E-state index contributed by atoms with van der Waals surface area (Å²) in [5.41, 5.74) is 0. The van der Waals surface area contributed by atoms with Crippen molar-refractivity contribution < 1.29 is 80.2 Å². The molecule has 17 nitrogen and oxygen atoms in total. The molecule has 0 fully saturated rings. The van der Waals surface area contributed by atoms with Crippen LogP contribution in [-0.2, 0) is 65.4 Å². The Hall–Kier alpha value is -3.24. The van der Waals surface area contributed by atoms with Gasteiger partial charge in [0.2, 0.25) is 0 Å². The molecule has 0 saturated heterocycles. The van der Waals surface area contributed by atoms with Crippen LogP contribution in [0.3, 0.4) is 0 Å². The fraction of sp³-hybridized carbons (Fsp3) is 0.827. The minimum absolute atomic E-state index is 0.0941. The van der Waals surface area contributed by atoms with Crippen molar-refractivity contribution in [3.05, 3.63) is 60.8 Å². The van der Waals surface area contributed by atoms with Crippen molar-refractivity contribution in [2.45, 2.75) is 393 Å². The SMILES string of the molecule is CC/C=C\C/C=C\C/C=C\C/C=C\C/C=C\CCCCCC(=O)OCC(COP(=O)(O)OCC(O)COP(=O)(O)OCC(COC(=O)CCCCCCCCCCCCCCCCC)OC(=O)CCCCCCCCCCCCC)OC(=O)CCCCCCCCCCCCCCCCC. The molecule has 19 heteroatoms. The number of aliphatic hydroxyl groups excluding tert-OH is 1. The van der Waals surface area contributed by atoms with Gasteiger partial charge in [0.15, 0.2) is 12.2 Å². The van der Waals surface area contributed by atoms with Crippen molar-refractivity contribution in [1.29, 1.82) is 0 Å². The van der Waals surface area contributed by atoms with E-state index >= 15 is 0 Å². The quantitative estimate of drug-likeness (QED) is 0.0169. The third-order valence-corrected chi connectivity index (χ3v) is 19.4. The number of carbonyl (C=O) groups excluding carboxylic acids is 4. The number of aliphatic hydroxyl groups is 1. The minimum Gasteiger partial charge on any atom is -0.462 e. The van der Waals surface area contributed by atoms with Gasteiger partial charge in [-0.05, 0) is 70.6 Å². The number of ether oxygens (including phenoxy) is 4. The maximum absolute atomic E-state index is 13.1. The molecule has 0 aliphatic heterocycles. The van der Waals surface area contributed by atoms with Crippen LogP contribution in [0.4, 0.5) is 0 Å². The van der Waals surface area contributed by atoms with E-state index in [-0.39, 0.29) is 25.7 Å². The molecule has 0 aliphatic carbocycles. The van der Waals surface area contributed by atoms with E-state index in [4.69, 9.17) is 37.0 Å². The van der Waals surface area contributed by atoms with Crippen molar-refractivity contribution in [2.75, 3.05) is 39.6 Å². The van der Waals surface area contributed by atoms with Gasteiger partial charge in [-0.1, -0.05) is 339 Å². The van der Waals surface area contributed by atoms with E-state index in [1.54, 1.807) is 0 Å². The number of hydrogen-bond acceptors (Lipinski definition) is 15. The monoisotopic (exact) mass is 1460 g/mol. The predicted molar refractivity (Wildman–Crippen MR) is 409 cm³/mol. The number of allylic oxidation sites excluding steroid dienone is 10. The summed E-state index contributed by atoms with van der Waals surface area (Å²) in [4.78, 5) is 73.0. The van der Waals surface area contributed by atoms with E-state index < -0.39 is 97.5 Å². The van der Waals surface area contributed by atoms with Gasteiger partial charge in [-0.25, -0.2) is 9.13 Å². The number of hydrogen-bond donors (Lipinski definition) is 3. The lowest BCUT2D eigenvalue weighted by Gasteiger charge is -2.21. The largest absolute Gasteiger partial charge is 0.472 e. The average molecular weight is 1460 g/mol. The molecule has 0 amide bonds. The number of phosphoric ester groups is 2. The maximum Gasteiger partial charge on any atom is 0.472 e. The van der Waals surface area contributed by atoms with Gasteiger partial charge in [0.05, 0.1) is 26.4 Å². The van der Waals surface area contributed by atoms with Crippen molar-refractivity contribution in [3.8, 4) is 0 Å². The third kappa shape index (κ3) is 73.1. The highest BCUT2D eigenvalue weighted by molar-refractivity contribution is 7.47. The first-order chi connectivity index (χ1) is 48.7. The molecular formula is C81H148O17P2. The first kappa shape index (κ1) is 96.8. The second-order valence-corrected chi connectivity index (χ2v) is 30.3. The summed E-state index contributed by atoms with van der Waals surface area (Å²) < 4.78 is 68.6. The highest BCUT2D eigenvalue weighted by Crippen LogP contribution is 2.45. The molecule has 0 aromatic carbocycles. The van der Waals surface area contributed by atoms with Crippen molar-refractivity contribution in [3.63, 3.8) is 0 Å². The molecule has 0 heterocycles. The summed E-state index contributed by atoms with van der Waals surface area (Å²) in [5.74, 6) is -2.17. The average Bonchev–Trinajstić information content (AvgIpc) is 0.985. The van der Waals surface area contributed by atoms with Gasteiger partial charge < -0.3 is 33.8 Å². The lowest BCUT2D eigenvalue weighted by Crippen LogP contribution is -2.30. The summed E-state index contributed by atoms with van der Waals surface area (Å²) in [6.45, 7) is 4.81. The molecule has 0 spiro atoms. The molecule has 5 unspecified atom stereocenters. The second-order valence-electron chi connectivity index (χ2n) is 27.4. The van der Waals surface area contributed by atoms with Crippen LogP contribution in [-0.4, -0.2) is 96.7 Å². The molecule has 5 atom stereocenters. The zero-order chi connectivity index (χ0) is 73.2. The Morgan fingerprint density at radius 2 is 0.520 bits per heavy atom. The zero-order valence-electron chi connectivity index (χ0n) is 63.9. The highest BCUT2D eigenvalue weighted by Gasteiger charge is 2.30. The summed E-state index contributed by atoms with van der Waals surface area (Å²) in [5, 5.41) is 10.6. The van der Waals surface area contributed by atoms with E-state index in [9.17, 15) is 43.2 Å². The molecular weight excluding hydrogens is 1310 g/mol. The van der Waals surface area contributed by atoms with Gasteiger partial charge >= 0.3 is 39.5 Å². The molecule has 100 heavy (non-hydrogen) atoms. The minimum atomic E-state index is -4.98. The molecule has 0 aliphatic rings. The van der Waals surface area contributed by atoms with E-state index in [1.165, 1.54) is 173 Å². The third-order valence-electron chi connectivity index (χ3n) is 17.5. The second kappa shape index (κ2) is 74.0. The van der Waals surface area contributed by atoms with Gasteiger partial charge in [-0.15, -0.1) is 0 Å². The Balaban J connectivity index is 5.31. The number of carbonyl (C=O) groups is 4. The van der Waals surface area contributed by atoms with Crippen LogP contribution < -0.4 is 0 Å². The molecule has 0 rings (SSSR count). The number of unbranched alkanes of at least 4 members (excludes halogenated alkanes) is 41. The Kier molecular flexibility index (Phi) is 71.6. The topological polar surface area (TPSA) is 237 Å². The molecule has 0 radical (unpaired) electrons. The number of esters is 4. The van der Waals surface area contributed by atoms with E-state index in [2.05, 4.69) is 88.5 Å². The maximum atomic E-state index is 13.1. The van der Waals surface area contributed by atoms with E-state index in [0.717, 1.165) is 122 Å². The van der Waals surface area contributed by atoms with E-state index in [1.807, 2.05) is 0 Å². The van der Waals surface area contributed by atoms with Gasteiger partial charge in [0, 0.05) is 25.7 Å². The first-order valence-corrected chi connectivity index (χ1v) is 43.5. The van der Waals surface area contributed by atoms with Crippen LogP contribution in [0.15, 0.2) is 60.8 Å². The van der Waals surface area contributed by atoms with Gasteiger partial charge in [0.25, 0.3) is 0 Å². The van der Waals surface area contributed by atoms with E-state index in [0.29, 0.717) is 25.7 Å². The lowest BCUT2D eigenvalue weighted by molar-refractivity contribution is -0.161. The fourth-order valence-electron chi connectivity index (χ4n) is 11.4. The predicted octanol–water partition coefficient (Wildman–Crippen LogP) is 23.5. The van der Waals surface area contributed by atoms with Crippen molar-refractivity contribution >= 4 is 39.5 Å².